The number of nitrogens with one attached hydrogen (secondary N) is 1. The minimum absolute atomic E-state index is 0.0906. The van der Waals surface area contributed by atoms with Crippen molar-refractivity contribution in [3.8, 4) is 0 Å². The van der Waals surface area contributed by atoms with E-state index in [0.717, 1.165) is 17.7 Å². The molecule has 1 unspecified atom stereocenters. The second-order valence-corrected chi connectivity index (χ2v) is 5.00. The van der Waals surface area contributed by atoms with Gasteiger partial charge in [0.25, 0.3) is 5.91 Å². The van der Waals surface area contributed by atoms with Crippen molar-refractivity contribution in [2.45, 2.75) is 64.5 Å². The number of imide groups is 1. The second kappa shape index (κ2) is 6.18. The molecular weight excluding hydrogens is 232 g/mol. The molecule has 1 aliphatic heterocycles. The molecule has 0 bridgehead atoms. The lowest BCUT2D eigenvalue weighted by atomic mass is 9.97. The molecule has 1 saturated heterocycles. The van der Waals surface area contributed by atoms with Crippen molar-refractivity contribution in [3.05, 3.63) is 0 Å². The lowest BCUT2D eigenvalue weighted by molar-refractivity contribution is -0.130. The Morgan fingerprint density at radius 3 is 2.39 bits per heavy atom. The Kier molecular flexibility index (Phi) is 5.14. The van der Waals surface area contributed by atoms with Crippen LogP contribution in [0.1, 0.15) is 52.9 Å². The number of nitrogens with zero attached hydrogens (tertiary/aromatic N) is 1. The molecule has 1 fully saturated rings. The van der Waals surface area contributed by atoms with Gasteiger partial charge in [0.15, 0.2) is 0 Å². The van der Waals surface area contributed by atoms with E-state index < -0.39 is 11.6 Å². The first-order valence-electron chi connectivity index (χ1n) is 6.81. The van der Waals surface area contributed by atoms with Crippen LogP contribution in [0.2, 0.25) is 0 Å². The topological polar surface area (TPSA) is 69.6 Å². The molecule has 5 nitrogen and oxygen atoms in total. The highest BCUT2D eigenvalue weighted by Crippen LogP contribution is 2.20. The average molecular weight is 256 g/mol. The van der Waals surface area contributed by atoms with Crippen LogP contribution in [0, 0.1) is 0 Å². The highest BCUT2D eigenvalue weighted by atomic mass is 16.3. The zero-order valence-corrected chi connectivity index (χ0v) is 11.5. The van der Waals surface area contributed by atoms with E-state index in [2.05, 4.69) is 5.32 Å². The van der Waals surface area contributed by atoms with Crippen molar-refractivity contribution in [2.75, 3.05) is 6.54 Å². The average Bonchev–Trinajstić information content (AvgIpc) is 2.63. The van der Waals surface area contributed by atoms with Crippen LogP contribution in [-0.4, -0.2) is 40.1 Å². The monoisotopic (exact) mass is 256 g/mol. The SMILES string of the molecule is CCCCC1NC(=O)N(CC(O)(CC)CC)C1=O. The smallest absolute Gasteiger partial charge is 0.324 e. The molecule has 0 aromatic heterocycles. The minimum Gasteiger partial charge on any atom is -0.388 e. The van der Waals surface area contributed by atoms with Gasteiger partial charge in [-0.05, 0) is 19.3 Å². The highest BCUT2D eigenvalue weighted by Gasteiger charge is 2.41. The van der Waals surface area contributed by atoms with Gasteiger partial charge in [0.05, 0.1) is 12.1 Å². The van der Waals surface area contributed by atoms with Gasteiger partial charge in [-0.3, -0.25) is 9.69 Å². The molecule has 0 saturated carbocycles. The fourth-order valence-electron chi connectivity index (χ4n) is 2.10. The Morgan fingerprint density at radius 1 is 1.28 bits per heavy atom. The highest BCUT2D eigenvalue weighted by molar-refractivity contribution is 6.04. The van der Waals surface area contributed by atoms with E-state index in [1.807, 2.05) is 20.8 Å². The molecule has 0 spiro atoms. The predicted molar refractivity (Wildman–Crippen MR) is 69.1 cm³/mol. The number of urea groups is 1. The van der Waals surface area contributed by atoms with Crippen LogP contribution >= 0.6 is 0 Å². The number of β-amino-alcohol motifs (C(OH)–C–C–N with tert-alkyl or cyclic N) is 1. The largest absolute Gasteiger partial charge is 0.388 e. The van der Waals surface area contributed by atoms with Crippen molar-refractivity contribution in [1.82, 2.24) is 10.2 Å². The van der Waals surface area contributed by atoms with Gasteiger partial charge < -0.3 is 10.4 Å². The number of amides is 3. The molecule has 3 amide bonds. The zero-order valence-electron chi connectivity index (χ0n) is 11.5. The Hall–Kier alpha value is -1.10. The summed E-state index contributed by atoms with van der Waals surface area (Å²) in [5, 5.41) is 12.9. The summed E-state index contributed by atoms with van der Waals surface area (Å²) >= 11 is 0. The van der Waals surface area contributed by atoms with E-state index in [1.165, 1.54) is 0 Å². The summed E-state index contributed by atoms with van der Waals surface area (Å²) in [5.74, 6) is -0.200. The van der Waals surface area contributed by atoms with Crippen molar-refractivity contribution in [1.29, 1.82) is 0 Å². The molecule has 18 heavy (non-hydrogen) atoms. The van der Waals surface area contributed by atoms with Gasteiger partial charge in [0.1, 0.15) is 6.04 Å². The molecule has 0 aliphatic carbocycles. The third kappa shape index (κ3) is 3.22. The summed E-state index contributed by atoms with van der Waals surface area (Å²) in [6, 6.07) is -0.781. The van der Waals surface area contributed by atoms with Gasteiger partial charge in [-0.15, -0.1) is 0 Å². The molecule has 1 heterocycles. The third-order valence-corrected chi connectivity index (χ3v) is 3.72. The maximum atomic E-state index is 12.1. The quantitative estimate of drug-likeness (QED) is 0.680. The minimum atomic E-state index is -0.966. The van der Waals surface area contributed by atoms with E-state index in [0.29, 0.717) is 19.3 Å². The van der Waals surface area contributed by atoms with Gasteiger partial charge in [0, 0.05) is 0 Å². The van der Waals surface area contributed by atoms with Crippen LogP contribution < -0.4 is 5.32 Å². The Labute approximate surface area is 109 Å². The third-order valence-electron chi connectivity index (χ3n) is 3.72. The lowest BCUT2D eigenvalue weighted by Crippen LogP contribution is -2.45. The summed E-state index contributed by atoms with van der Waals surface area (Å²) in [5.41, 5.74) is -0.966. The Morgan fingerprint density at radius 2 is 1.89 bits per heavy atom. The van der Waals surface area contributed by atoms with Crippen LogP contribution in [0.25, 0.3) is 0 Å². The molecule has 0 radical (unpaired) electrons. The molecule has 0 aromatic rings. The van der Waals surface area contributed by atoms with E-state index in [4.69, 9.17) is 0 Å². The van der Waals surface area contributed by atoms with Gasteiger partial charge >= 0.3 is 6.03 Å². The Bertz CT molecular complexity index is 313. The van der Waals surface area contributed by atoms with E-state index in [9.17, 15) is 14.7 Å². The van der Waals surface area contributed by atoms with Gasteiger partial charge in [-0.2, -0.15) is 0 Å². The maximum Gasteiger partial charge on any atom is 0.324 e. The number of rotatable bonds is 7. The van der Waals surface area contributed by atoms with Gasteiger partial charge in [-0.1, -0.05) is 33.6 Å². The molecule has 1 atom stereocenters. The first-order valence-corrected chi connectivity index (χ1v) is 6.81. The first kappa shape index (κ1) is 15.0. The number of carbonyl (C=O) groups is 2. The second-order valence-electron chi connectivity index (χ2n) is 5.00. The van der Waals surface area contributed by atoms with Crippen LogP contribution in [0.4, 0.5) is 4.79 Å². The fourth-order valence-corrected chi connectivity index (χ4v) is 2.10. The molecule has 1 rings (SSSR count). The van der Waals surface area contributed by atoms with Crippen LogP contribution in [0.5, 0.6) is 0 Å². The number of unbranched alkanes of at least 4 members (excludes halogenated alkanes) is 1. The molecule has 0 aromatic carbocycles. The van der Waals surface area contributed by atoms with Crippen LogP contribution in [-0.2, 0) is 4.79 Å². The van der Waals surface area contributed by atoms with Crippen LogP contribution in [0.3, 0.4) is 0 Å². The molecule has 5 heteroatoms. The van der Waals surface area contributed by atoms with Crippen molar-refractivity contribution in [3.63, 3.8) is 0 Å². The molecular formula is C13H24N2O3. The van der Waals surface area contributed by atoms with Gasteiger partial charge in [-0.25, -0.2) is 4.79 Å². The maximum absolute atomic E-state index is 12.1. The molecule has 104 valence electrons. The predicted octanol–water partition coefficient (Wildman–Crippen LogP) is 1.65. The van der Waals surface area contributed by atoms with Gasteiger partial charge in [0.2, 0.25) is 0 Å². The summed E-state index contributed by atoms with van der Waals surface area (Å²) in [6.45, 7) is 5.85. The summed E-state index contributed by atoms with van der Waals surface area (Å²) in [6.07, 6.45) is 3.64. The summed E-state index contributed by atoms with van der Waals surface area (Å²) in [7, 11) is 0. The number of carbonyl (C=O) groups excluding carboxylic acids is 2. The normalized spacial score (nSPS) is 20.4. The lowest BCUT2D eigenvalue weighted by Gasteiger charge is -2.28. The molecule has 2 N–H and O–H groups in total. The fraction of sp³-hybridized carbons (Fsp3) is 0.846. The standard InChI is InChI=1S/C13H24N2O3/c1-4-7-8-10-11(16)15(12(17)14-10)9-13(18,5-2)6-3/h10,18H,4-9H2,1-3H3,(H,14,17). The summed E-state index contributed by atoms with van der Waals surface area (Å²) in [4.78, 5) is 25.0. The van der Waals surface area contributed by atoms with E-state index in [1.54, 1.807) is 0 Å². The van der Waals surface area contributed by atoms with E-state index >= 15 is 0 Å². The molecule has 1 aliphatic rings. The number of aliphatic hydroxyl groups is 1. The first-order chi connectivity index (χ1) is 8.47. The summed E-state index contributed by atoms with van der Waals surface area (Å²) < 4.78 is 0. The Balaban J connectivity index is 2.67. The van der Waals surface area contributed by atoms with Crippen molar-refractivity contribution >= 4 is 11.9 Å². The van der Waals surface area contributed by atoms with E-state index in [-0.39, 0.29) is 18.5 Å². The number of hydrogen-bond acceptors (Lipinski definition) is 3. The van der Waals surface area contributed by atoms with Crippen LogP contribution in [0.15, 0.2) is 0 Å². The van der Waals surface area contributed by atoms with Crippen molar-refractivity contribution in [2.24, 2.45) is 0 Å². The van der Waals surface area contributed by atoms with Crippen molar-refractivity contribution < 1.29 is 14.7 Å². The zero-order chi connectivity index (χ0) is 13.8. The number of hydrogen-bond donors (Lipinski definition) is 2.